The van der Waals surface area contributed by atoms with Gasteiger partial charge >= 0.3 is 0 Å². The SMILES string of the molecule is NC(=O)c1ccc(N2CCCC2)c(NC(=O)c2cnn(Cc3ccccc3Cl)c2)c1. The number of halogens is 1. The Morgan fingerprint density at radius 1 is 1.10 bits per heavy atom. The summed E-state index contributed by atoms with van der Waals surface area (Å²) in [5, 5.41) is 7.84. The molecule has 0 radical (unpaired) electrons. The van der Waals surface area contributed by atoms with Crippen LogP contribution >= 0.6 is 11.6 Å². The van der Waals surface area contributed by atoms with Crippen LogP contribution in [0.25, 0.3) is 0 Å². The van der Waals surface area contributed by atoms with Gasteiger partial charge in [-0.05, 0) is 42.7 Å². The van der Waals surface area contributed by atoms with Crippen LogP contribution in [0.1, 0.15) is 39.1 Å². The molecule has 1 saturated heterocycles. The number of nitrogens with two attached hydrogens (primary N) is 1. The van der Waals surface area contributed by atoms with E-state index in [-0.39, 0.29) is 5.91 Å². The Hall–Kier alpha value is -3.32. The largest absolute Gasteiger partial charge is 0.370 e. The van der Waals surface area contributed by atoms with Crippen molar-refractivity contribution in [3.8, 4) is 0 Å². The smallest absolute Gasteiger partial charge is 0.258 e. The maximum atomic E-state index is 12.9. The number of carbonyl (C=O) groups is 2. The summed E-state index contributed by atoms with van der Waals surface area (Å²) >= 11 is 6.21. The molecule has 0 unspecified atom stereocenters. The van der Waals surface area contributed by atoms with E-state index in [0.717, 1.165) is 37.2 Å². The summed E-state index contributed by atoms with van der Waals surface area (Å²) in [6, 6.07) is 12.7. The van der Waals surface area contributed by atoms with E-state index in [1.807, 2.05) is 30.3 Å². The molecule has 2 aromatic carbocycles. The highest BCUT2D eigenvalue weighted by atomic mass is 35.5. The lowest BCUT2D eigenvalue weighted by atomic mass is 10.1. The molecule has 1 aliphatic rings. The van der Waals surface area contributed by atoms with Gasteiger partial charge in [-0.2, -0.15) is 5.10 Å². The molecule has 0 spiro atoms. The summed E-state index contributed by atoms with van der Waals surface area (Å²) in [6.07, 6.45) is 5.38. The molecule has 30 heavy (non-hydrogen) atoms. The van der Waals surface area contributed by atoms with Crippen LogP contribution in [0.15, 0.2) is 54.9 Å². The average Bonchev–Trinajstić information content (AvgIpc) is 3.42. The third-order valence-corrected chi connectivity index (χ3v) is 5.53. The van der Waals surface area contributed by atoms with Crippen molar-refractivity contribution in [2.75, 3.05) is 23.3 Å². The van der Waals surface area contributed by atoms with Crippen molar-refractivity contribution in [2.45, 2.75) is 19.4 Å². The van der Waals surface area contributed by atoms with Crippen LogP contribution < -0.4 is 16.0 Å². The van der Waals surface area contributed by atoms with Gasteiger partial charge in [0.05, 0.1) is 29.7 Å². The average molecular weight is 424 g/mol. The van der Waals surface area contributed by atoms with E-state index in [0.29, 0.717) is 28.4 Å². The summed E-state index contributed by atoms with van der Waals surface area (Å²) < 4.78 is 1.66. The predicted octanol–water partition coefficient (Wildman–Crippen LogP) is 3.54. The van der Waals surface area contributed by atoms with E-state index in [9.17, 15) is 9.59 Å². The Morgan fingerprint density at radius 3 is 2.60 bits per heavy atom. The van der Waals surface area contributed by atoms with Gasteiger partial charge < -0.3 is 16.0 Å². The first kappa shape index (κ1) is 20.0. The summed E-state index contributed by atoms with van der Waals surface area (Å²) in [7, 11) is 0. The van der Waals surface area contributed by atoms with E-state index >= 15 is 0 Å². The number of nitrogens with zero attached hydrogens (tertiary/aromatic N) is 3. The van der Waals surface area contributed by atoms with Gasteiger partial charge in [-0.1, -0.05) is 29.8 Å². The fourth-order valence-electron chi connectivity index (χ4n) is 3.59. The lowest BCUT2D eigenvalue weighted by Crippen LogP contribution is -2.22. The monoisotopic (exact) mass is 423 g/mol. The van der Waals surface area contributed by atoms with Crippen molar-refractivity contribution < 1.29 is 9.59 Å². The minimum absolute atomic E-state index is 0.303. The Labute approximate surface area is 179 Å². The molecule has 154 valence electrons. The molecule has 2 amide bonds. The van der Waals surface area contributed by atoms with Crippen LogP contribution in [-0.2, 0) is 6.54 Å². The Bertz CT molecular complexity index is 1090. The maximum absolute atomic E-state index is 12.9. The first-order valence-corrected chi connectivity index (χ1v) is 10.1. The highest BCUT2D eigenvalue weighted by molar-refractivity contribution is 6.31. The zero-order valence-electron chi connectivity index (χ0n) is 16.3. The maximum Gasteiger partial charge on any atom is 0.258 e. The summed E-state index contributed by atoms with van der Waals surface area (Å²) in [5.74, 6) is -0.839. The predicted molar refractivity (Wildman–Crippen MR) is 117 cm³/mol. The minimum atomic E-state index is -0.536. The number of rotatable bonds is 6. The number of amides is 2. The van der Waals surface area contributed by atoms with E-state index in [1.54, 1.807) is 23.0 Å². The van der Waals surface area contributed by atoms with Crippen LogP contribution in [0.5, 0.6) is 0 Å². The third-order valence-electron chi connectivity index (χ3n) is 5.16. The quantitative estimate of drug-likeness (QED) is 0.634. The summed E-state index contributed by atoms with van der Waals surface area (Å²) in [6.45, 7) is 2.28. The van der Waals surface area contributed by atoms with Gasteiger partial charge in [-0.15, -0.1) is 0 Å². The number of anilines is 2. The van der Waals surface area contributed by atoms with Crippen molar-refractivity contribution in [2.24, 2.45) is 5.73 Å². The molecule has 1 aromatic heterocycles. The Morgan fingerprint density at radius 2 is 1.87 bits per heavy atom. The molecule has 3 N–H and O–H groups in total. The molecule has 2 heterocycles. The molecular weight excluding hydrogens is 402 g/mol. The number of primary amides is 1. The molecule has 1 aliphatic heterocycles. The highest BCUT2D eigenvalue weighted by Gasteiger charge is 2.19. The van der Waals surface area contributed by atoms with Crippen LogP contribution in [-0.4, -0.2) is 34.7 Å². The van der Waals surface area contributed by atoms with Crippen molar-refractivity contribution >= 4 is 34.8 Å². The second-order valence-corrected chi connectivity index (χ2v) is 7.67. The normalized spacial score (nSPS) is 13.4. The summed E-state index contributed by atoms with van der Waals surface area (Å²) in [5.41, 5.74) is 8.56. The fraction of sp³-hybridized carbons (Fsp3) is 0.227. The second-order valence-electron chi connectivity index (χ2n) is 7.26. The molecule has 0 bridgehead atoms. The zero-order valence-corrected chi connectivity index (χ0v) is 17.1. The zero-order chi connectivity index (χ0) is 21.1. The van der Waals surface area contributed by atoms with Gasteiger partial charge in [0, 0.05) is 29.9 Å². The number of hydrogen-bond acceptors (Lipinski definition) is 4. The van der Waals surface area contributed by atoms with Crippen LogP contribution in [0.3, 0.4) is 0 Å². The first-order chi connectivity index (χ1) is 14.5. The molecule has 0 saturated carbocycles. The second kappa shape index (κ2) is 8.59. The van der Waals surface area contributed by atoms with E-state index in [4.69, 9.17) is 17.3 Å². The van der Waals surface area contributed by atoms with Gasteiger partial charge in [0.2, 0.25) is 5.91 Å². The third kappa shape index (κ3) is 4.31. The standard InChI is InChI=1S/C22H22ClN5O2/c23-18-6-2-1-5-16(18)13-28-14-17(12-25-28)22(30)26-19-11-15(21(24)29)7-8-20(19)27-9-3-4-10-27/h1-2,5-8,11-12,14H,3-4,9-10,13H2,(H2,24,29)(H,26,30). The first-order valence-electron chi connectivity index (χ1n) is 9.77. The number of hydrogen-bond donors (Lipinski definition) is 2. The van der Waals surface area contributed by atoms with Crippen LogP contribution in [0.4, 0.5) is 11.4 Å². The van der Waals surface area contributed by atoms with Gasteiger partial charge in [-0.3, -0.25) is 14.3 Å². The van der Waals surface area contributed by atoms with E-state index < -0.39 is 5.91 Å². The van der Waals surface area contributed by atoms with Crippen molar-refractivity contribution in [1.29, 1.82) is 0 Å². The number of benzene rings is 2. The van der Waals surface area contributed by atoms with Crippen molar-refractivity contribution in [3.05, 3.63) is 76.6 Å². The summed E-state index contributed by atoms with van der Waals surface area (Å²) in [4.78, 5) is 26.7. The van der Waals surface area contributed by atoms with Crippen LogP contribution in [0.2, 0.25) is 5.02 Å². The van der Waals surface area contributed by atoms with Gasteiger partial charge in [0.15, 0.2) is 0 Å². The molecule has 0 aliphatic carbocycles. The lowest BCUT2D eigenvalue weighted by Gasteiger charge is -2.22. The molecular formula is C22H22ClN5O2. The molecule has 0 atom stereocenters. The van der Waals surface area contributed by atoms with Crippen molar-refractivity contribution in [1.82, 2.24) is 9.78 Å². The minimum Gasteiger partial charge on any atom is -0.370 e. The van der Waals surface area contributed by atoms with Crippen molar-refractivity contribution in [3.63, 3.8) is 0 Å². The topological polar surface area (TPSA) is 93.2 Å². The van der Waals surface area contributed by atoms with Gasteiger partial charge in [-0.25, -0.2) is 0 Å². The number of nitrogens with one attached hydrogen (secondary N) is 1. The van der Waals surface area contributed by atoms with Gasteiger partial charge in [0.1, 0.15) is 0 Å². The Balaban J connectivity index is 1.55. The van der Waals surface area contributed by atoms with Crippen LogP contribution in [0, 0.1) is 0 Å². The fourth-order valence-corrected chi connectivity index (χ4v) is 3.78. The Kier molecular flexibility index (Phi) is 5.72. The highest BCUT2D eigenvalue weighted by Crippen LogP contribution is 2.30. The molecule has 7 nitrogen and oxygen atoms in total. The molecule has 3 aromatic rings. The molecule has 8 heteroatoms. The van der Waals surface area contributed by atoms with E-state index in [2.05, 4.69) is 15.3 Å². The lowest BCUT2D eigenvalue weighted by molar-refractivity contribution is 0.0996. The van der Waals surface area contributed by atoms with Gasteiger partial charge in [0.25, 0.3) is 5.91 Å². The number of carbonyl (C=O) groups excluding carboxylic acids is 2. The number of aromatic nitrogens is 2. The van der Waals surface area contributed by atoms with E-state index in [1.165, 1.54) is 6.20 Å². The molecule has 1 fully saturated rings. The molecule has 4 rings (SSSR count).